The molecule has 0 aliphatic rings. The SMILES string of the molecule is C=CC(=O)Nc1cc(Br)cc(Cl)c1O. The van der Waals surface area contributed by atoms with Crippen molar-refractivity contribution in [2.75, 3.05) is 5.32 Å². The molecule has 0 unspecified atom stereocenters. The molecule has 0 atom stereocenters. The fourth-order valence-electron chi connectivity index (χ4n) is 0.845. The highest BCUT2D eigenvalue weighted by Gasteiger charge is 2.08. The van der Waals surface area contributed by atoms with Crippen molar-refractivity contribution in [2.45, 2.75) is 0 Å². The lowest BCUT2D eigenvalue weighted by Crippen LogP contribution is -2.07. The van der Waals surface area contributed by atoms with E-state index in [4.69, 9.17) is 11.6 Å². The van der Waals surface area contributed by atoms with Crippen molar-refractivity contribution < 1.29 is 9.90 Å². The molecule has 3 nitrogen and oxygen atoms in total. The molecule has 0 fully saturated rings. The molecule has 1 amide bonds. The van der Waals surface area contributed by atoms with Crippen LogP contribution in [-0.2, 0) is 4.79 Å². The second-order valence-corrected chi connectivity index (χ2v) is 3.80. The number of phenols is 1. The number of hydrogen-bond donors (Lipinski definition) is 2. The van der Waals surface area contributed by atoms with Crippen LogP contribution < -0.4 is 5.32 Å². The van der Waals surface area contributed by atoms with Gasteiger partial charge in [-0.3, -0.25) is 4.79 Å². The molecule has 2 N–H and O–H groups in total. The fourth-order valence-corrected chi connectivity index (χ4v) is 1.65. The molecule has 0 spiro atoms. The van der Waals surface area contributed by atoms with E-state index in [-0.39, 0.29) is 16.5 Å². The molecular formula is C9H7BrClNO2. The number of amides is 1. The normalized spacial score (nSPS) is 9.57. The molecule has 0 heterocycles. The van der Waals surface area contributed by atoms with Crippen LogP contribution >= 0.6 is 27.5 Å². The summed E-state index contributed by atoms with van der Waals surface area (Å²) >= 11 is 8.87. The Morgan fingerprint density at radius 1 is 1.64 bits per heavy atom. The Kier molecular flexibility index (Phi) is 3.55. The maximum absolute atomic E-state index is 11.0. The van der Waals surface area contributed by atoms with E-state index in [1.165, 1.54) is 6.07 Å². The smallest absolute Gasteiger partial charge is 0.247 e. The summed E-state index contributed by atoms with van der Waals surface area (Å²) in [5.41, 5.74) is 0.245. The summed E-state index contributed by atoms with van der Waals surface area (Å²) in [5, 5.41) is 12.1. The van der Waals surface area contributed by atoms with Crippen LogP contribution in [0.4, 0.5) is 5.69 Å². The summed E-state index contributed by atoms with van der Waals surface area (Å²) in [7, 11) is 0. The molecule has 74 valence electrons. The summed E-state index contributed by atoms with van der Waals surface area (Å²) in [6, 6.07) is 3.07. The first-order valence-electron chi connectivity index (χ1n) is 3.66. The number of carbonyl (C=O) groups is 1. The van der Waals surface area contributed by atoms with Gasteiger partial charge in [-0.25, -0.2) is 0 Å². The Hall–Kier alpha value is -1.00. The zero-order valence-corrected chi connectivity index (χ0v) is 9.39. The Balaban J connectivity index is 3.07. The highest BCUT2D eigenvalue weighted by Crippen LogP contribution is 2.34. The van der Waals surface area contributed by atoms with Crippen LogP contribution in [-0.4, -0.2) is 11.0 Å². The number of halogens is 2. The molecule has 0 aliphatic carbocycles. The molecule has 0 aromatic heterocycles. The van der Waals surface area contributed by atoms with E-state index in [1.54, 1.807) is 6.07 Å². The molecule has 1 aromatic rings. The number of aromatic hydroxyl groups is 1. The zero-order valence-electron chi connectivity index (χ0n) is 7.05. The van der Waals surface area contributed by atoms with Gasteiger partial charge >= 0.3 is 0 Å². The lowest BCUT2D eigenvalue weighted by molar-refractivity contribution is -0.111. The highest BCUT2D eigenvalue weighted by molar-refractivity contribution is 9.10. The maximum Gasteiger partial charge on any atom is 0.247 e. The molecule has 1 rings (SSSR count). The minimum absolute atomic E-state index is 0.162. The topological polar surface area (TPSA) is 49.3 Å². The Labute approximate surface area is 94.5 Å². The van der Waals surface area contributed by atoms with Crippen LogP contribution in [0.1, 0.15) is 0 Å². The molecule has 0 saturated heterocycles. The van der Waals surface area contributed by atoms with Gasteiger partial charge in [-0.15, -0.1) is 0 Å². The molecular weight excluding hydrogens is 269 g/mol. The van der Waals surface area contributed by atoms with Crippen LogP contribution in [0.5, 0.6) is 5.75 Å². The summed E-state index contributed by atoms with van der Waals surface area (Å²) in [6.45, 7) is 3.29. The second-order valence-electron chi connectivity index (χ2n) is 2.48. The van der Waals surface area contributed by atoms with Crippen LogP contribution in [0.25, 0.3) is 0 Å². The molecule has 5 heteroatoms. The predicted molar refractivity (Wildman–Crippen MR) is 59.6 cm³/mol. The summed E-state index contributed by atoms with van der Waals surface area (Å²) < 4.78 is 0.666. The number of rotatable bonds is 2. The first-order valence-corrected chi connectivity index (χ1v) is 4.83. The van der Waals surface area contributed by atoms with E-state index in [2.05, 4.69) is 27.8 Å². The van der Waals surface area contributed by atoms with Crippen molar-refractivity contribution in [1.29, 1.82) is 0 Å². The van der Waals surface area contributed by atoms with E-state index < -0.39 is 5.91 Å². The van der Waals surface area contributed by atoms with Crippen LogP contribution in [0.15, 0.2) is 29.3 Å². The van der Waals surface area contributed by atoms with E-state index >= 15 is 0 Å². The summed E-state index contributed by atoms with van der Waals surface area (Å²) in [4.78, 5) is 11.0. The Morgan fingerprint density at radius 3 is 2.86 bits per heavy atom. The number of carbonyl (C=O) groups excluding carboxylic acids is 1. The van der Waals surface area contributed by atoms with Crippen molar-refractivity contribution in [2.24, 2.45) is 0 Å². The average Bonchev–Trinajstić information content (AvgIpc) is 2.13. The maximum atomic E-state index is 11.0. The van der Waals surface area contributed by atoms with Gasteiger partial charge in [0.15, 0.2) is 5.75 Å². The molecule has 0 bridgehead atoms. The number of phenolic OH excluding ortho intramolecular Hbond substituents is 1. The highest BCUT2D eigenvalue weighted by atomic mass is 79.9. The van der Waals surface area contributed by atoms with Gasteiger partial charge in [0.05, 0.1) is 10.7 Å². The van der Waals surface area contributed by atoms with Gasteiger partial charge in [0.25, 0.3) is 0 Å². The van der Waals surface area contributed by atoms with Gasteiger partial charge < -0.3 is 10.4 Å². The number of hydrogen-bond acceptors (Lipinski definition) is 2. The second kappa shape index (κ2) is 4.48. The molecule has 14 heavy (non-hydrogen) atoms. The largest absolute Gasteiger partial charge is 0.504 e. The van der Waals surface area contributed by atoms with Gasteiger partial charge in [0.2, 0.25) is 5.91 Å². The first-order chi connectivity index (χ1) is 6.54. The van der Waals surface area contributed by atoms with E-state index in [0.717, 1.165) is 6.08 Å². The number of nitrogens with one attached hydrogen (secondary N) is 1. The third kappa shape index (κ3) is 2.49. The monoisotopic (exact) mass is 275 g/mol. The van der Waals surface area contributed by atoms with E-state index in [1.807, 2.05) is 0 Å². The van der Waals surface area contributed by atoms with Crippen molar-refractivity contribution in [3.63, 3.8) is 0 Å². The van der Waals surface area contributed by atoms with Gasteiger partial charge in [0, 0.05) is 4.47 Å². The lowest BCUT2D eigenvalue weighted by atomic mass is 10.3. The zero-order chi connectivity index (χ0) is 10.7. The van der Waals surface area contributed by atoms with Gasteiger partial charge in [-0.2, -0.15) is 0 Å². The Bertz CT molecular complexity index is 393. The summed E-state index contributed by atoms with van der Waals surface area (Å²) in [6.07, 6.45) is 1.11. The fraction of sp³-hybridized carbons (Fsp3) is 0. The minimum Gasteiger partial charge on any atom is -0.504 e. The molecule has 0 aliphatic heterocycles. The van der Waals surface area contributed by atoms with E-state index in [0.29, 0.717) is 4.47 Å². The predicted octanol–water partition coefficient (Wildman–Crippen LogP) is 2.93. The quantitative estimate of drug-likeness (QED) is 0.644. The lowest BCUT2D eigenvalue weighted by Gasteiger charge is -2.07. The third-order valence-corrected chi connectivity index (χ3v) is 2.22. The first kappa shape index (κ1) is 11.1. The van der Waals surface area contributed by atoms with Crippen molar-refractivity contribution in [3.8, 4) is 5.75 Å². The van der Waals surface area contributed by atoms with Crippen LogP contribution in [0.3, 0.4) is 0 Å². The van der Waals surface area contributed by atoms with Gasteiger partial charge in [-0.1, -0.05) is 34.1 Å². The molecule has 0 radical (unpaired) electrons. The molecule has 1 aromatic carbocycles. The summed E-state index contributed by atoms with van der Waals surface area (Å²) in [5.74, 6) is -0.570. The minimum atomic E-state index is -0.408. The standard InChI is InChI=1S/C9H7BrClNO2/c1-2-8(13)12-7-4-5(10)3-6(11)9(7)14/h2-4,14H,1H2,(H,12,13). The van der Waals surface area contributed by atoms with Gasteiger partial charge in [0.1, 0.15) is 0 Å². The van der Waals surface area contributed by atoms with Crippen LogP contribution in [0, 0.1) is 0 Å². The van der Waals surface area contributed by atoms with E-state index in [9.17, 15) is 9.90 Å². The Morgan fingerprint density at radius 2 is 2.29 bits per heavy atom. The molecule has 0 saturated carbocycles. The number of anilines is 1. The van der Waals surface area contributed by atoms with Crippen molar-refractivity contribution in [1.82, 2.24) is 0 Å². The number of benzene rings is 1. The third-order valence-electron chi connectivity index (χ3n) is 1.47. The van der Waals surface area contributed by atoms with Gasteiger partial charge in [-0.05, 0) is 18.2 Å². The van der Waals surface area contributed by atoms with Crippen molar-refractivity contribution in [3.05, 3.63) is 34.3 Å². The van der Waals surface area contributed by atoms with Crippen LogP contribution in [0.2, 0.25) is 5.02 Å². The average molecular weight is 277 g/mol. The van der Waals surface area contributed by atoms with Crippen molar-refractivity contribution >= 4 is 39.1 Å².